The van der Waals surface area contributed by atoms with Gasteiger partial charge in [-0.3, -0.25) is 9.59 Å². The van der Waals surface area contributed by atoms with E-state index < -0.39 is 5.41 Å². The highest BCUT2D eigenvalue weighted by Gasteiger charge is 2.40. The number of hydrogen-bond donors (Lipinski definition) is 1. The maximum absolute atomic E-state index is 12.8. The van der Waals surface area contributed by atoms with Crippen molar-refractivity contribution in [3.8, 4) is 5.75 Å². The zero-order valence-electron chi connectivity index (χ0n) is 15.8. The topological polar surface area (TPSA) is 61.9 Å². The summed E-state index contributed by atoms with van der Waals surface area (Å²) in [6.45, 7) is 10.2. The van der Waals surface area contributed by atoms with Crippen LogP contribution in [-0.4, -0.2) is 60.9 Å². The molecule has 6 heteroatoms. The molecule has 1 aromatic carbocycles. The second-order valence-electron chi connectivity index (χ2n) is 7.34. The summed E-state index contributed by atoms with van der Waals surface area (Å²) in [5.74, 6) is 0.144. The first-order chi connectivity index (χ1) is 11.7. The monoisotopic (exact) mass is 347 g/mol. The van der Waals surface area contributed by atoms with Crippen molar-refractivity contribution in [2.45, 2.75) is 33.8 Å². The van der Waals surface area contributed by atoms with Crippen LogP contribution in [0, 0.1) is 5.41 Å². The Bertz CT molecular complexity index is 620. The predicted octanol–water partition coefficient (Wildman–Crippen LogP) is 2.21. The quantitative estimate of drug-likeness (QED) is 0.830. The lowest BCUT2D eigenvalue weighted by molar-refractivity contribution is -0.147. The van der Waals surface area contributed by atoms with E-state index in [0.29, 0.717) is 24.5 Å². The fourth-order valence-electron chi connectivity index (χ4n) is 2.71. The van der Waals surface area contributed by atoms with Crippen molar-refractivity contribution >= 4 is 17.5 Å². The van der Waals surface area contributed by atoms with Crippen LogP contribution < -0.4 is 10.1 Å². The molecule has 138 valence electrons. The average Bonchev–Trinajstić information content (AvgIpc) is 2.56. The van der Waals surface area contributed by atoms with Crippen LogP contribution in [-0.2, 0) is 9.59 Å². The third kappa shape index (κ3) is 4.72. The van der Waals surface area contributed by atoms with Crippen molar-refractivity contribution in [2.24, 2.45) is 5.41 Å². The van der Waals surface area contributed by atoms with E-state index >= 15 is 0 Å². The van der Waals surface area contributed by atoms with E-state index in [9.17, 15) is 9.59 Å². The van der Waals surface area contributed by atoms with Crippen LogP contribution >= 0.6 is 0 Å². The molecule has 0 spiro atoms. The van der Waals surface area contributed by atoms with Gasteiger partial charge in [0.05, 0.1) is 11.8 Å². The smallest absolute Gasteiger partial charge is 0.239 e. The Balaban J connectivity index is 2.10. The fraction of sp³-hybridized carbons (Fsp3) is 0.579. The minimum atomic E-state index is -1.14. The third-order valence-electron chi connectivity index (χ3n) is 4.39. The van der Waals surface area contributed by atoms with Gasteiger partial charge in [-0.15, -0.1) is 0 Å². The Kier molecular flexibility index (Phi) is 6.06. The summed E-state index contributed by atoms with van der Waals surface area (Å²) in [6, 6.07) is 7.28. The lowest BCUT2D eigenvalue weighted by Gasteiger charge is -2.36. The van der Waals surface area contributed by atoms with Gasteiger partial charge in [-0.25, -0.2) is 0 Å². The lowest BCUT2D eigenvalue weighted by Crippen LogP contribution is -2.53. The number of para-hydroxylation sites is 2. The first-order valence-corrected chi connectivity index (χ1v) is 8.77. The van der Waals surface area contributed by atoms with Gasteiger partial charge < -0.3 is 19.9 Å². The number of nitrogens with one attached hydrogen (secondary N) is 1. The van der Waals surface area contributed by atoms with E-state index in [4.69, 9.17) is 4.74 Å². The summed E-state index contributed by atoms with van der Waals surface area (Å²) in [6.07, 6.45) is -0.00182. The highest BCUT2D eigenvalue weighted by atomic mass is 16.5. The molecule has 1 fully saturated rings. The predicted molar refractivity (Wildman–Crippen MR) is 98.7 cm³/mol. The summed E-state index contributed by atoms with van der Waals surface area (Å²) < 4.78 is 5.73. The fourth-order valence-corrected chi connectivity index (χ4v) is 2.71. The van der Waals surface area contributed by atoms with Crippen LogP contribution in [0.5, 0.6) is 5.75 Å². The molecule has 2 amide bonds. The van der Waals surface area contributed by atoms with Crippen molar-refractivity contribution in [1.29, 1.82) is 0 Å². The minimum absolute atomic E-state index is 0.00182. The van der Waals surface area contributed by atoms with Gasteiger partial charge in [0.15, 0.2) is 0 Å². The van der Waals surface area contributed by atoms with Gasteiger partial charge in [0.2, 0.25) is 11.8 Å². The summed E-state index contributed by atoms with van der Waals surface area (Å²) in [7, 11) is 2.03. The second-order valence-corrected chi connectivity index (χ2v) is 7.34. The Morgan fingerprint density at radius 2 is 1.72 bits per heavy atom. The highest BCUT2D eigenvalue weighted by molar-refractivity contribution is 6.10. The zero-order chi connectivity index (χ0) is 18.6. The molecule has 0 radical (unpaired) electrons. The van der Waals surface area contributed by atoms with Crippen molar-refractivity contribution in [1.82, 2.24) is 9.80 Å². The molecule has 0 saturated carbocycles. The number of carbonyl (C=O) groups excluding carboxylic acids is 2. The molecule has 0 aromatic heterocycles. The third-order valence-corrected chi connectivity index (χ3v) is 4.39. The number of anilines is 1. The van der Waals surface area contributed by atoms with E-state index in [1.165, 1.54) is 0 Å². The Labute approximate surface area is 150 Å². The zero-order valence-corrected chi connectivity index (χ0v) is 15.8. The molecule has 2 rings (SSSR count). The average molecular weight is 347 g/mol. The summed E-state index contributed by atoms with van der Waals surface area (Å²) in [5.41, 5.74) is -0.554. The van der Waals surface area contributed by atoms with Gasteiger partial charge in [-0.2, -0.15) is 0 Å². The van der Waals surface area contributed by atoms with Crippen molar-refractivity contribution in [3.63, 3.8) is 0 Å². The molecular weight excluding hydrogens is 318 g/mol. The number of amides is 2. The molecule has 25 heavy (non-hydrogen) atoms. The van der Waals surface area contributed by atoms with Crippen LogP contribution in [0.2, 0.25) is 0 Å². The summed E-state index contributed by atoms with van der Waals surface area (Å²) >= 11 is 0. The Morgan fingerprint density at radius 3 is 2.32 bits per heavy atom. The van der Waals surface area contributed by atoms with E-state index in [-0.39, 0.29) is 17.9 Å². The van der Waals surface area contributed by atoms with Crippen LogP contribution in [0.15, 0.2) is 24.3 Å². The van der Waals surface area contributed by atoms with E-state index in [0.717, 1.165) is 13.1 Å². The van der Waals surface area contributed by atoms with Gasteiger partial charge in [-0.1, -0.05) is 12.1 Å². The second kappa shape index (κ2) is 7.87. The molecule has 0 atom stereocenters. The molecule has 0 aliphatic carbocycles. The van der Waals surface area contributed by atoms with Crippen molar-refractivity contribution < 1.29 is 14.3 Å². The van der Waals surface area contributed by atoms with Gasteiger partial charge in [0.25, 0.3) is 0 Å². The molecule has 1 aromatic rings. The van der Waals surface area contributed by atoms with Crippen LogP contribution in [0.25, 0.3) is 0 Å². The number of nitrogens with zero attached hydrogens (tertiary/aromatic N) is 2. The van der Waals surface area contributed by atoms with Gasteiger partial charge in [-0.05, 0) is 46.9 Å². The number of rotatable bonds is 5. The first-order valence-electron chi connectivity index (χ1n) is 8.77. The molecule has 1 heterocycles. The van der Waals surface area contributed by atoms with Gasteiger partial charge >= 0.3 is 0 Å². The van der Waals surface area contributed by atoms with Crippen molar-refractivity contribution in [3.05, 3.63) is 24.3 Å². The Hall–Kier alpha value is -2.08. The molecule has 1 saturated heterocycles. The molecule has 1 N–H and O–H groups in total. The maximum atomic E-state index is 12.8. The molecular formula is C19H29N3O3. The Morgan fingerprint density at radius 1 is 1.12 bits per heavy atom. The van der Waals surface area contributed by atoms with E-state index in [1.807, 2.05) is 39.1 Å². The number of benzene rings is 1. The SMILES string of the molecule is CC(C)Oc1ccccc1NC(=O)C(C)(C)C(=O)N1CCN(C)CC1. The van der Waals surface area contributed by atoms with Gasteiger partial charge in [0.1, 0.15) is 11.2 Å². The normalized spacial score (nSPS) is 16.0. The molecule has 6 nitrogen and oxygen atoms in total. The van der Waals surface area contributed by atoms with Gasteiger partial charge in [0, 0.05) is 26.2 Å². The highest BCUT2D eigenvalue weighted by Crippen LogP contribution is 2.28. The number of hydrogen-bond acceptors (Lipinski definition) is 4. The molecule has 0 unspecified atom stereocenters. The maximum Gasteiger partial charge on any atom is 0.239 e. The van der Waals surface area contributed by atoms with Crippen molar-refractivity contribution in [2.75, 3.05) is 38.5 Å². The minimum Gasteiger partial charge on any atom is -0.489 e. The summed E-state index contributed by atoms with van der Waals surface area (Å²) in [4.78, 5) is 29.6. The van der Waals surface area contributed by atoms with E-state index in [1.54, 1.807) is 24.8 Å². The number of ether oxygens (including phenoxy) is 1. The summed E-state index contributed by atoms with van der Waals surface area (Å²) in [5, 5.41) is 2.86. The molecule has 1 aliphatic heterocycles. The molecule has 1 aliphatic rings. The largest absolute Gasteiger partial charge is 0.489 e. The number of carbonyl (C=O) groups is 2. The van der Waals surface area contributed by atoms with Crippen LogP contribution in [0.4, 0.5) is 5.69 Å². The lowest BCUT2D eigenvalue weighted by atomic mass is 9.89. The first kappa shape index (κ1) is 19.2. The standard InChI is InChI=1S/C19H29N3O3/c1-14(2)25-16-9-7-6-8-15(16)20-17(23)19(3,4)18(24)22-12-10-21(5)11-13-22/h6-9,14H,10-13H2,1-5H3,(H,20,23). The van der Waals surface area contributed by atoms with Crippen LogP contribution in [0.3, 0.4) is 0 Å². The number of piperazine rings is 1. The van der Waals surface area contributed by atoms with Crippen LogP contribution in [0.1, 0.15) is 27.7 Å². The van der Waals surface area contributed by atoms with E-state index in [2.05, 4.69) is 10.2 Å². The molecule has 0 bridgehead atoms. The number of likely N-dealkylation sites (N-methyl/N-ethyl adjacent to an activating group) is 1.